The quantitative estimate of drug-likeness (QED) is 0.545. The van der Waals surface area contributed by atoms with Crippen LogP contribution < -0.4 is 10.5 Å². The van der Waals surface area contributed by atoms with Crippen LogP contribution >= 0.6 is 0 Å². The van der Waals surface area contributed by atoms with Gasteiger partial charge in [-0.25, -0.2) is 9.18 Å². The number of esters is 1. The first-order chi connectivity index (χ1) is 6.50. The number of hydrogen-bond acceptors (Lipinski definition) is 4. The van der Waals surface area contributed by atoms with Crippen molar-refractivity contribution in [3.05, 3.63) is 24.0 Å². The molecule has 0 aliphatic carbocycles. The number of benzene rings is 1. The van der Waals surface area contributed by atoms with Gasteiger partial charge in [-0.05, 0) is 19.1 Å². The molecule has 0 amide bonds. The molecule has 0 fully saturated rings. The zero-order valence-corrected chi connectivity index (χ0v) is 7.53. The standard InChI is InChI=1S/C9H10FNO3/c1-5(11)9(13)14-8-3-2-6(12)4-7(8)10/h2-5,12H,11H2,1H3/t5-/m0/s1. The van der Waals surface area contributed by atoms with Gasteiger partial charge < -0.3 is 15.6 Å². The van der Waals surface area contributed by atoms with E-state index in [0.717, 1.165) is 12.1 Å². The Hall–Kier alpha value is -1.62. The third kappa shape index (κ3) is 2.43. The summed E-state index contributed by atoms with van der Waals surface area (Å²) in [5.41, 5.74) is 5.22. The SMILES string of the molecule is C[C@H](N)C(=O)Oc1ccc(O)cc1F. The fourth-order valence-electron chi connectivity index (χ4n) is 0.774. The molecule has 1 aromatic rings. The van der Waals surface area contributed by atoms with E-state index in [-0.39, 0.29) is 11.5 Å². The summed E-state index contributed by atoms with van der Waals surface area (Å²) in [7, 11) is 0. The molecular formula is C9H10FNO3. The predicted molar refractivity (Wildman–Crippen MR) is 47.3 cm³/mol. The molecule has 1 atom stereocenters. The molecule has 76 valence electrons. The van der Waals surface area contributed by atoms with Gasteiger partial charge in [-0.2, -0.15) is 0 Å². The number of carbonyl (C=O) groups is 1. The number of phenols is 1. The Labute approximate surface area is 80.1 Å². The summed E-state index contributed by atoms with van der Waals surface area (Å²) in [5, 5.41) is 8.88. The van der Waals surface area contributed by atoms with Gasteiger partial charge in [-0.3, -0.25) is 0 Å². The second kappa shape index (κ2) is 4.06. The molecule has 3 N–H and O–H groups in total. The molecule has 14 heavy (non-hydrogen) atoms. The lowest BCUT2D eigenvalue weighted by atomic mass is 10.3. The summed E-state index contributed by atoms with van der Waals surface area (Å²) in [6, 6.07) is 2.41. The molecule has 0 bridgehead atoms. The number of nitrogens with two attached hydrogens (primary N) is 1. The van der Waals surface area contributed by atoms with Crippen molar-refractivity contribution in [3.8, 4) is 11.5 Å². The highest BCUT2D eigenvalue weighted by Gasteiger charge is 2.13. The summed E-state index contributed by atoms with van der Waals surface area (Å²) in [6.07, 6.45) is 0. The molecule has 0 aromatic heterocycles. The molecule has 1 aromatic carbocycles. The average molecular weight is 199 g/mol. The monoisotopic (exact) mass is 199 g/mol. The molecular weight excluding hydrogens is 189 g/mol. The molecule has 4 nitrogen and oxygen atoms in total. The van der Waals surface area contributed by atoms with E-state index in [1.54, 1.807) is 0 Å². The Balaban J connectivity index is 2.82. The van der Waals surface area contributed by atoms with Crippen molar-refractivity contribution in [2.24, 2.45) is 5.73 Å². The van der Waals surface area contributed by atoms with Crippen molar-refractivity contribution >= 4 is 5.97 Å². The molecule has 5 heteroatoms. The second-order valence-electron chi connectivity index (χ2n) is 2.82. The lowest BCUT2D eigenvalue weighted by molar-refractivity contribution is -0.135. The van der Waals surface area contributed by atoms with Crippen LogP contribution in [-0.4, -0.2) is 17.1 Å². The van der Waals surface area contributed by atoms with Crippen LogP contribution in [0.5, 0.6) is 11.5 Å². The highest BCUT2D eigenvalue weighted by molar-refractivity contribution is 5.77. The molecule has 0 unspecified atom stereocenters. The molecule has 0 spiro atoms. The number of hydrogen-bond donors (Lipinski definition) is 2. The first kappa shape index (κ1) is 10.5. The normalized spacial score (nSPS) is 12.2. The van der Waals surface area contributed by atoms with Crippen molar-refractivity contribution < 1.29 is 19.0 Å². The van der Waals surface area contributed by atoms with Crippen LogP contribution in [0.4, 0.5) is 4.39 Å². The van der Waals surface area contributed by atoms with Gasteiger partial charge in [0.05, 0.1) is 0 Å². The summed E-state index contributed by atoms with van der Waals surface area (Å²) in [4.78, 5) is 11.0. The zero-order chi connectivity index (χ0) is 10.7. The Morgan fingerprint density at radius 2 is 2.29 bits per heavy atom. The van der Waals surface area contributed by atoms with Crippen molar-refractivity contribution in [1.82, 2.24) is 0 Å². The Morgan fingerprint density at radius 1 is 1.64 bits per heavy atom. The van der Waals surface area contributed by atoms with E-state index < -0.39 is 17.8 Å². The summed E-state index contributed by atoms with van der Waals surface area (Å²) >= 11 is 0. The van der Waals surface area contributed by atoms with Crippen LogP contribution in [0.15, 0.2) is 18.2 Å². The van der Waals surface area contributed by atoms with E-state index >= 15 is 0 Å². The Kier molecular flexibility index (Phi) is 3.03. The summed E-state index contributed by atoms with van der Waals surface area (Å²) in [6.45, 7) is 1.43. The van der Waals surface area contributed by atoms with Crippen molar-refractivity contribution in [1.29, 1.82) is 0 Å². The molecule has 0 aliphatic rings. The van der Waals surface area contributed by atoms with Crippen molar-refractivity contribution in [2.45, 2.75) is 13.0 Å². The van der Waals surface area contributed by atoms with E-state index in [2.05, 4.69) is 4.74 Å². The summed E-state index contributed by atoms with van der Waals surface area (Å²) in [5.74, 6) is -2.01. The number of rotatable bonds is 2. The lowest BCUT2D eigenvalue weighted by Crippen LogP contribution is -2.31. The highest BCUT2D eigenvalue weighted by atomic mass is 19.1. The minimum Gasteiger partial charge on any atom is -0.508 e. The Bertz CT molecular complexity index is 352. The molecule has 0 radical (unpaired) electrons. The minimum absolute atomic E-state index is 0.233. The maximum atomic E-state index is 13.0. The minimum atomic E-state index is -0.816. The predicted octanol–water partition coefficient (Wildman–Crippen LogP) is 0.784. The average Bonchev–Trinajstić information content (AvgIpc) is 2.09. The molecule has 0 saturated carbocycles. The largest absolute Gasteiger partial charge is 0.508 e. The fraction of sp³-hybridized carbons (Fsp3) is 0.222. The van der Waals surface area contributed by atoms with Crippen LogP contribution in [0.3, 0.4) is 0 Å². The van der Waals surface area contributed by atoms with Crippen LogP contribution in [0, 0.1) is 5.82 Å². The first-order valence-electron chi connectivity index (χ1n) is 3.96. The maximum Gasteiger partial charge on any atom is 0.328 e. The van der Waals surface area contributed by atoms with Crippen LogP contribution in [0.2, 0.25) is 0 Å². The van der Waals surface area contributed by atoms with Gasteiger partial charge in [0.2, 0.25) is 0 Å². The van der Waals surface area contributed by atoms with E-state index in [4.69, 9.17) is 10.8 Å². The zero-order valence-electron chi connectivity index (χ0n) is 7.53. The lowest BCUT2D eigenvalue weighted by Gasteiger charge is -2.07. The van der Waals surface area contributed by atoms with Gasteiger partial charge >= 0.3 is 5.97 Å². The summed E-state index contributed by atoms with van der Waals surface area (Å²) < 4.78 is 17.6. The number of carbonyl (C=O) groups excluding carboxylic acids is 1. The van der Waals surface area contributed by atoms with E-state index in [0.29, 0.717) is 0 Å². The molecule has 1 rings (SSSR count). The molecule has 0 saturated heterocycles. The van der Waals surface area contributed by atoms with Crippen LogP contribution in [0.25, 0.3) is 0 Å². The fourth-order valence-corrected chi connectivity index (χ4v) is 0.774. The first-order valence-corrected chi connectivity index (χ1v) is 3.96. The van der Waals surface area contributed by atoms with Crippen LogP contribution in [-0.2, 0) is 4.79 Å². The third-order valence-corrected chi connectivity index (χ3v) is 1.50. The van der Waals surface area contributed by atoms with E-state index in [1.807, 2.05) is 0 Å². The third-order valence-electron chi connectivity index (χ3n) is 1.50. The van der Waals surface area contributed by atoms with Gasteiger partial charge in [0.25, 0.3) is 0 Å². The second-order valence-corrected chi connectivity index (χ2v) is 2.82. The number of ether oxygens (including phenoxy) is 1. The number of phenolic OH excluding ortho intramolecular Hbond substituents is 1. The van der Waals surface area contributed by atoms with Crippen LogP contribution in [0.1, 0.15) is 6.92 Å². The van der Waals surface area contributed by atoms with Gasteiger partial charge in [0.15, 0.2) is 11.6 Å². The maximum absolute atomic E-state index is 13.0. The van der Waals surface area contributed by atoms with Crippen molar-refractivity contribution in [2.75, 3.05) is 0 Å². The van der Waals surface area contributed by atoms with E-state index in [1.165, 1.54) is 13.0 Å². The number of aromatic hydroxyl groups is 1. The Morgan fingerprint density at radius 3 is 2.79 bits per heavy atom. The molecule has 0 heterocycles. The van der Waals surface area contributed by atoms with Gasteiger partial charge in [0, 0.05) is 6.07 Å². The smallest absolute Gasteiger partial charge is 0.328 e. The van der Waals surface area contributed by atoms with E-state index in [9.17, 15) is 9.18 Å². The topological polar surface area (TPSA) is 72.6 Å². The van der Waals surface area contributed by atoms with Gasteiger partial charge in [-0.1, -0.05) is 0 Å². The number of halogens is 1. The van der Waals surface area contributed by atoms with Gasteiger partial charge in [-0.15, -0.1) is 0 Å². The van der Waals surface area contributed by atoms with Gasteiger partial charge in [0.1, 0.15) is 11.8 Å². The molecule has 0 aliphatic heterocycles. The highest BCUT2D eigenvalue weighted by Crippen LogP contribution is 2.21. The van der Waals surface area contributed by atoms with Crippen molar-refractivity contribution in [3.63, 3.8) is 0 Å².